The Morgan fingerprint density at radius 2 is 2.04 bits per heavy atom. The van der Waals surface area contributed by atoms with E-state index in [1.807, 2.05) is 0 Å². The molecular formula is C14H12ClN3O6. The topological polar surface area (TPSA) is 121 Å². The lowest BCUT2D eigenvalue weighted by Crippen LogP contribution is -2.60. The van der Waals surface area contributed by atoms with Crippen LogP contribution in [-0.2, 0) is 14.4 Å². The summed E-state index contributed by atoms with van der Waals surface area (Å²) in [6.45, 7) is -0.458. The number of carbonyl (C=O) groups excluding carboxylic acids is 2. The fourth-order valence-electron chi connectivity index (χ4n) is 3.19. The third-order valence-corrected chi connectivity index (χ3v) is 4.46. The molecule has 9 nitrogen and oxygen atoms in total. The monoisotopic (exact) mass is 353 g/mol. The Hall–Kier alpha value is -2.68. The Morgan fingerprint density at radius 1 is 1.33 bits per heavy atom. The highest BCUT2D eigenvalue weighted by atomic mass is 35.5. The Kier molecular flexibility index (Phi) is 3.88. The van der Waals surface area contributed by atoms with E-state index >= 15 is 0 Å². The van der Waals surface area contributed by atoms with Crippen molar-refractivity contribution >= 4 is 40.8 Å². The highest BCUT2D eigenvalue weighted by molar-refractivity contribution is 6.31. The number of nitro benzene ring substituents is 1. The van der Waals surface area contributed by atoms with Crippen molar-refractivity contribution in [3.05, 3.63) is 33.3 Å². The quantitative estimate of drug-likeness (QED) is 0.640. The normalized spacial score (nSPS) is 23.4. The summed E-state index contributed by atoms with van der Waals surface area (Å²) in [7, 11) is 0. The number of anilines is 1. The van der Waals surface area contributed by atoms with Gasteiger partial charge in [-0.1, -0.05) is 11.6 Å². The molecule has 2 atom stereocenters. The molecule has 2 amide bonds. The zero-order chi connectivity index (χ0) is 17.6. The average Bonchev–Trinajstić information content (AvgIpc) is 2.96. The van der Waals surface area contributed by atoms with Gasteiger partial charge in [-0.05, 0) is 25.0 Å². The van der Waals surface area contributed by atoms with Crippen molar-refractivity contribution in [3.63, 3.8) is 0 Å². The van der Waals surface area contributed by atoms with Crippen LogP contribution in [0, 0.1) is 10.1 Å². The smallest absolute Gasteiger partial charge is 0.326 e. The third-order valence-electron chi connectivity index (χ3n) is 4.23. The number of carboxylic acid groups (broad SMARTS) is 1. The summed E-state index contributed by atoms with van der Waals surface area (Å²) >= 11 is 5.87. The number of nitro groups is 1. The van der Waals surface area contributed by atoms with Crippen molar-refractivity contribution in [2.75, 3.05) is 11.4 Å². The van der Waals surface area contributed by atoms with Crippen molar-refractivity contribution in [2.45, 2.75) is 24.9 Å². The number of aliphatic carboxylic acids is 1. The second kappa shape index (κ2) is 5.75. The number of carbonyl (C=O) groups is 3. The third kappa shape index (κ3) is 2.46. The van der Waals surface area contributed by atoms with E-state index in [1.54, 1.807) is 0 Å². The fraction of sp³-hybridized carbons (Fsp3) is 0.357. The maximum Gasteiger partial charge on any atom is 0.326 e. The summed E-state index contributed by atoms with van der Waals surface area (Å²) in [5.41, 5.74) is -0.411. The van der Waals surface area contributed by atoms with E-state index < -0.39 is 41.3 Å². The van der Waals surface area contributed by atoms with Gasteiger partial charge in [0.1, 0.15) is 24.3 Å². The predicted molar refractivity (Wildman–Crippen MR) is 81.8 cm³/mol. The first-order chi connectivity index (χ1) is 11.3. The lowest BCUT2D eigenvalue weighted by molar-refractivity contribution is -0.384. The molecule has 0 saturated carbocycles. The zero-order valence-electron chi connectivity index (χ0n) is 12.2. The molecule has 0 spiro atoms. The van der Waals surface area contributed by atoms with Crippen LogP contribution >= 0.6 is 11.6 Å². The summed E-state index contributed by atoms with van der Waals surface area (Å²) < 4.78 is 0. The van der Waals surface area contributed by atoms with E-state index in [-0.39, 0.29) is 29.2 Å². The van der Waals surface area contributed by atoms with Crippen LogP contribution in [0.2, 0.25) is 5.02 Å². The number of amides is 2. The molecule has 10 heteroatoms. The largest absolute Gasteiger partial charge is 0.480 e. The highest BCUT2D eigenvalue weighted by Crippen LogP contribution is 2.36. The number of fused-ring (bicyclic) bond motifs is 1. The number of halogens is 1. The first kappa shape index (κ1) is 16.2. The van der Waals surface area contributed by atoms with Gasteiger partial charge in [0, 0.05) is 11.1 Å². The van der Waals surface area contributed by atoms with Crippen LogP contribution in [0.5, 0.6) is 0 Å². The highest BCUT2D eigenvalue weighted by Gasteiger charge is 2.50. The summed E-state index contributed by atoms with van der Waals surface area (Å²) in [5, 5.41) is 20.5. The van der Waals surface area contributed by atoms with Crippen LogP contribution in [-0.4, -0.2) is 51.3 Å². The molecule has 2 fully saturated rings. The molecule has 2 aliphatic rings. The Morgan fingerprint density at radius 3 is 2.67 bits per heavy atom. The molecule has 126 valence electrons. The molecule has 1 N–H and O–H groups in total. The predicted octanol–water partition coefficient (Wildman–Crippen LogP) is 1.04. The second-order valence-electron chi connectivity index (χ2n) is 5.56. The van der Waals surface area contributed by atoms with Gasteiger partial charge in [-0.25, -0.2) is 4.79 Å². The summed E-state index contributed by atoms with van der Waals surface area (Å²) in [6.07, 6.45) is 0.370. The van der Waals surface area contributed by atoms with E-state index in [2.05, 4.69) is 0 Å². The van der Waals surface area contributed by atoms with E-state index in [4.69, 9.17) is 16.7 Å². The van der Waals surface area contributed by atoms with Gasteiger partial charge < -0.3 is 10.0 Å². The van der Waals surface area contributed by atoms with Crippen LogP contribution in [0.1, 0.15) is 12.8 Å². The standard InChI is InChI=1S/C14H12ClN3O6/c15-7-1-2-8(18(23)24)11(5-7)16-6-12(19)17-9(13(16)20)3-4-10(17)14(21)22/h1-2,5,9-10H,3-4,6H2,(H,21,22). The van der Waals surface area contributed by atoms with Crippen molar-refractivity contribution < 1.29 is 24.4 Å². The molecule has 0 bridgehead atoms. The molecular weight excluding hydrogens is 342 g/mol. The zero-order valence-corrected chi connectivity index (χ0v) is 13.0. The van der Waals surface area contributed by atoms with Crippen LogP contribution in [0.25, 0.3) is 0 Å². The molecule has 3 rings (SSSR count). The molecule has 2 aliphatic heterocycles. The SMILES string of the molecule is O=C(O)C1CCC2C(=O)N(c3cc(Cl)ccc3[N+](=O)[O-])CC(=O)N12. The fourth-order valence-corrected chi connectivity index (χ4v) is 3.36. The van der Waals surface area contributed by atoms with E-state index in [0.717, 1.165) is 15.9 Å². The minimum atomic E-state index is -1.17. The summed E-state index contributed by atoms with van der Waals surface area (Å²) in [5.74, 6) is -2.26. The van der Waals surface area contributed by atoms with Gasteiger partial charge in [0.05, 0.1) is 4.92 Å². The number of benzene rings is 1. The maximum absolute atomic E-state index is 12.7. The van der Waals surface area contributed by atoms with Crippen molar-refractivity contribution in [2.24, 2.45) is 0 Å². The van der Waals surface area contributed by atoms with Crippen LogP contribution < -0.4 is 4.90 Å². The second-order valence-corrected chi connectivity index (χ2v) is 6.00. The number of piperazine rings is 1. The Bertz CT molecular complexity index is 767. The van der Waals surface area contributed by atoms with Crippen LogP contribution in [0.3, 0.4) is 0 Å². The van der Waals surface area contributed by atoms with Crippen LogP contribution in [0.4, 0.5) is 11.4 Å². The number of hydrogen-bond acceptors (Lipinski definition) is 5. The van der Waals surface area contributed by atoms with Gasteiger partial charge in [-0.2, -0.15) is 0 Å². The molecule has 2 saturated heterocycles. The minimum Gasteiger partial charge on any atom is -0.480 e. The summed E-state index contributed by atoms with van der Waals surface area (Å²) in [4.78, 5) is 48.9. The van der Waals surface area contributed by atoms with E-state index in [1.165, 1.54) is 12.1 Å². The number of hydrogen-bond donors (Lipinski definition) is 1. The minimum absolute atomic E-state index is 0.0655. The lowest BCUT2D eigenvalue weighted by atomic mass is 10.1. The Balaban J connectivity index is 2.00. The molecule has 0 aliphatic carbocycles. The Labute approximate surface area is 140 Å². The number of carboxylic acids is 1. The molecule has 2 unspecified atom stereocenters. The lowest BCUT2D eigenvalue weighted by Gasteiger charge is -2.37. The average molecular weight is 354 g/mol. The molecule has 24 heavy (non-hydrogen) atoms. The van der Waals surface area contributed by atoms with Crippen molar-refractivity contribution in [1.82, 2.24) is 4.90 Å². The van der Waals surface area contributed by atoms with Crippen molar-refractivity contribution in [1.29, 1.82) is 0 Å². The van der Waals surface area contributed by atoms with E-state index in [0.29, 0.717) is 0 Å². The number of nitrogens with zero attached hydrogens (tertiary/aromatic N) is 3. The van der Waals surface area contributed by atoms with Gasteiger partial charge in [0.25, 0.3) is 5.69 Å². The first-order valence-electron chi connectivity index (χ1n) is 7.10. The van der Waals surface area contributed by atoms with E-state index in [9.17, 15) is 24.5 Å². The van der Waals surface area contributed by atoms with Gasteiger partial charge in [-0.15, -0.1) is 0 Å². The van der Waals surface area contributed by atoms with Gasteiger partial charge in [0.15, 0.2) is 0 Å². The van der Waals surface area contributed by atoms with Gasteiger partial charge >= 0.3 is 5.97 Å². The molecule has 0 aromatic heterocycles. The van der Waals surface area contributed by atoms with Gasteiger partial charge in [-0.3, -0.25) is 24.6 Å². The molecule has 1 aromatic carbocycles. The summed E-state index contributed by atoms with van der Waals surface area (Å²) in [6, 6.07) is 1.77. The number of rotatable bonds is 3. The molecule has 2 heterocycles. The van der Waals surface area contributed by atoms with Gasteiger partial charge in [0.2, 0.25) is 11.8 Å². The van der Waals surface area contributed by atoms with Crippen molar-refractivity contribution in [3.8, 4) is 0 Å². The maximum atomic E-state index is 12.7. The van der Waals surface area contributed by atoms with Crippen LogP contribution in [0.15, 0.2) is 18.2 Å². The molecule has 0 radical (unpaired) electrons. The molecule has 1 aromatic rings. The first-order valence-corrected chi connectivity index (χ1v) is 7.48.